The third-order valence-corrected chi connectivity index (χ3v) is 3.15. The van der Waals surface area contributed by atoms with Crippen LogP contribution in [0.4, 0.5) is 4.39 Å². The largest absolute Gasteiger partial charge is 0.376 e. The Morgan fingerprint density at radius 1 is 1.24 bits per heavy atom. The summed E-state index contributed by atoms with van der Waals surface area (Å²) in [5.74, 6) is 0.367. The van der Waals surface area contributed by atoms with Gasteiger partial charge in [-0.3, -0.25) is 0 Å². The Balaban J connectivity index is 2.51. The molecule has 0 aliphatic rings. The molecule has 1 aromatic carbocycles. The maximum absolute atomic E-state index is 13.0. The summed E-state index contributed by atoms with van der Waals surface area (Å²) in [6.07, 6.45) is 2.26. The van der Waals surface area contributed by atoms with Crippen LogP contribution in [0.2, 0.25) is 0 Å². The molecule has 0 spiro atoms. The Labute approximate surface area is 103 Å². The lowest BCUT2D eigenvalue weighted by molar-refractivity contribution is 0.0839. The summed E-state index contributed by atoms with van der Waals surface area (Å²) in [6, 6.07) is 4.69. The normalized spacial score (nSPS) is 11.1. The van der Waals surface area contributed by atoms with Crippen LogP contribution in [0.3, 0.4) is 0 Å². The van der Waals surface area contributed by atoms with E-state index in [1.807, 2.05) is 0 Å². The molecule has 96 valence electrons. The van der Waals surface area contributed by atoms with Crippen molar-refractivity contribution in [3.8, 4) is 0 Å². The second kappa shape index (κ2) is 7.41. The SMILES string of the molecule is CCC(CC)COCc1ccc(F)cc1CN. The fraction of sp³-hybridized carbons (Fsp3) is 0.571. The molecule has 0 saturated carbocycles. The second-order valence-electron chi connectivity index (χ2n) is 4.31. The van der Waals surface area contributed by atoms with Crippen molar-refractivity contribution in [3.05, 3.63) is 35.1 Å². The van der Waals surface area contributed by atoms with Gasteiger partial charge in [0, 0.05) is 13.2 Å². The van der Waals surface area contributed by atoms with Crippen LogP contribution in [0.1, 0.15) is 37.8 Å². The number of ether oxygens (including phenoxy) is 1. The summed E-state index contributed by atoms with van der Waals surface area (Å²) < 4.78 is 18.7. The van der Waals surface area contributed by atoms with Crippen LogP contribution in [0.15, 0.2) is 18.2 Å². The fourth-order valence-corrected chi connectivity index (χ4v) is 1.79. The van der Waals surface area contributed by atoms with Crippen LogP contribution in [0.5, 0.6) is 0 Å². The van der Waals surface area contributed by atoms with Gasteiger partial charge in [-0.2, -0.15) is 0 Å². The summed E-state index contributed by atoms with van der Waals surface area (Å²) in [5.41, 5.74) is 7.40. The van der Waals surface area contributed by atoms with E-state index >= 15 is 0 Å². The van der Waals surface area contributed by atoms with Gasteiger partial charge in [-0.25, -0.2) is 4.39 Å². The molecule has 0 aliphatic carbocycles. The predicted octanol–water partition coefficient (Wildman–Crippen LogP) is 3.24. The van der Waals surface area contributed by atoms with Crippen molar-refractivity contribution in [3.63, 3.8) is 0 Å². The van der Waals surface area contributed by atoms with Gasteiger partial charge in [0.1, 0.15) is 5.82 Å². The molecule has 1 aromatic rings. The van der Waals surface area contributed by atoms with Crippen LogP contribution in [-0.4, -0.2) is 6.61 Å². The molecular weight excluding hydrogens is 217 g/mol. The molecule has 0 saturated heterocycles. The van der Waals surface area contributed by atoms with E-state index in [1.54, 1.807) is 6.07 Å². The van der Waals surface area contributed by atoms with Crippen LogP contribution >= 0.6 is 0 Å². The van der Waals surface area contributed by atoms with Gasteiger partial charge < -0.3 is 10.5 Å². The van der Waals surface area contributed by atoms with Gasteiger partial charge in [0.05, 0.1) is 6.61 Å². The smallest absolute Gasteiger partial charge is 0.123 e. The Hall–Kier alpha value is -0.930. The standard InChI is InChI=1S/C14H22FNO/c1-3-11(4-2)9-17-10-12-5-6-14(15)7-13(12)8-16/h5-7,11H,3-4,8-10,16H2,1-2H3. The van der Waals surface area contributed by atoms with Gasteiger partial charge in [0.2, 0.25) is 0 Å². The average Bonchev–Trinajstić information content (AvgIpc) is 2.36. The lowest BCUT2D eigenvalue weighted by Crippen LogP contribution is -2.09. The lowest BCUT2D eigenvalue weighted by Gasteiger charge is -2.14. The van der Waals surface area contributed by atoms with E-state index in [9.17, 15) is 4.39 Å². The Bertz CT molecular complexity index is 337. The number of hydrogen-bond donors (Lipinski definition) is 1. The highest BCUT2D eigenvalue weighted by Gasteiger charge is 2.06. The molecule has 0 aromatic heterocycles. The molecule has 0 amide bonds. The highest BCUT2D eigenvalue weighted by molar-refractivity contribution is 5.27. The fourth-order valence-electron chi connectivity index (χ4n) is 1.79. The number of halogens is 1. The first-order valence-electron chi connectivity index (χ1n) is 6.26. The van der Waals surface area contributed by atoms with Crippen LogP contribution < -0.4 is 5.73 Å². The average molecular weight is 239 g/mol. The molecule has 2 nitrogen and oxygen atoms in total. The molecular formula is C14H22FNO. The summed E-state index contributed by atoms with van der Waals surface area (Å²) in [6.45, 7) is 5.96. The number of hydrogen-bond acceptors (Lipinski definition) is 2. The van der Waals surface area contributed by atoms with Crippen LogP contribution in [0, 0.1) is 11.7 Å². The van der Waals surface area contributed by atoms with Crippen LogP contribution in [-0.2, 0) is 17.9 Å². The van der Waals surface area contributed by atoms with Gasteiger partial charge >= 0.3 is 0 Å². The van der Waals surface area contributed by atoms with Crippen LogP contribution in [0.25, 0.3) is 0 Å². The second-order valence-corrected chi connectivity index (χ2v) is 4.31. The van der Waals surface area contributed by atoms with Crippen molar-refractivity contribution in [2.45, 2.75) is 39.8 Å². The molecule has 17 heavy (non-hydrogen) atoms. The molecule has 3 heteroatoms. The molecule has 2 N–H and O–H groups in total. The maximum Gasteiger partial charge on any atom is 0.123 e. The van der Waals surface area contributed by atoms with Crippen molar-refractivity contribution in [1.82, 2.24) is 0 Å². The summed E-state index contributed by atoms with van der Waals surface area (Å²) in [5, 5.41) is 0. The Morgan fingerprint density at radius 2 is 1.94 bits per heavy atom. The zero-order valence-electron chi connectivity index (χ0n) is 10.7. The molecule has 0 heterocycles. The van der Waals surface area contributed by atoms with E-state index in [0.717, 1.165) is 30.6 Å². The molecule has 0 bridgehead atoms. The van der Waals surface area contributed by atoms with E-state index in [4.69, 9.17) is 10.5 Å². The topological polar surface area (TPSA) is 35.2 Å². The van der Waals surface area contributed by atoms with Gasteiger partial charge in [0.15, 0.2) is 0 Å². The molecule has 0 aliphatic heterocycles. The first-order chi connectivity index (χ1) is 8.21. The third-order valence-electron chi connectivity index (χ3n) is 3.15. The highest BCUT2D eigenvalue weighted by atomic mass is 19.1. The highest BCUT2D eigenvalue weighted by Crippen LogP contribution is 2.14. The first-order valence-corrected chi connectivity index (χ1v) is 6.26. The molecule has 0 fully saturated rings. The van der Waals surface area contributed by atoms with Crippen molar-refractivity contribution >= 4 is 0 Å². The summed E-state index contributed by atoms with van der Waals surface area (Å²) in [4.78, 5) is 0. The maximum atomic E-state index is 13.0. The molecule has 0 unspecified atom stereocenters. The number of nitrogens with two attached hydrogens (primary N) is 1. The monoisotopic (exact) mass is 239 g/mol. The predicted molar refractivity (Wildman–Crippen MR) is 68.0 cm³/mol. The van der Waals surface area contributed by atoms with E-state index in [0.29, 0.717) is 19.1 Å². The van der Waals surface area contributed by atoms with E-state index in [-0.39, 0.29) is 5.82 Å². The molecule has 1 rings (SSSR count). The van der Waals surface area contributed by atoms with E-state index in [1.165, 1.54) is 12.1 Å². The Kier molecular flexibility index (Phi) is 6.16. The summed E-state index contributed by atoms with van der Waals surface area (Å²) >= 11 is 0. The first kappa shape index (κ1) is 14.1. The zero-order valence-corrected chi connectivity index (χ0v) is 10.7. The lowest BCUT2D eigenvalue weighted by atomic mass is 10.1. The quantitative estimate of drug-likeness (QED) is 0.792. The van der Waals surface area contributed by atoms with Crippen molar-refractivity contribution in [1.29, 1.82) is 0 Å². The number of rotatable bonds is 7. The minimum absolute atomic E-state index is 0.241. The van der Waals surface area contributed by atoms with Gasteiger partial charge in [-0.1, -0.05) is 32.8 Å². The van der Waals surface area contributed by atoms with Gasteiger partial charge in [0.25, 0.3) is 0 Å². The molecule has 0 radical (unpaired) electrons. The zero-order chi connectivity index (χ0) is 12.7. The number of benzene rings is 1. The van der Waals surface area contributed by atoms with E-state index < -0.39 is 0 Å². The van der Waals surface area contributed by atoms with Gasteiger partial charge in [-0.05, 0) is 29.2 Å². The minimum Gasteiger partial charge on any atom is -0.376 e. The molecule has 0 atom stereocenters. The van der Waals surface area contributed by atoms with Crippen molar-refractivity contribution < 1.29 is 9.13 Å². The third kappa shape index (κ3) is 4.44. The Morgan fingerprint density at radius 3 is 2.53 bits per heavy atom. The minimum atomic E-state index is -0.241. The summed E-state index contributed by atoms with van der Waals surface area (Å²) in [7, 11) is 0. The van der Waals surface area contributed by atoms with Crippen molar-refractivity contribution in [2.24, 2.45) is 11.7 Å². The van der Waals surface area contributed by atoms with Gasteiger partial charge in [-0.15, -0.1) is 0 Å². The van der Waals surface area contributed by atoms with E-state index in [2.05, 4.69) is 13.8 Å². The van der Waals surface area contributed by atoms with Crippen molar-refractivity contribution in [2.75, 3.05) is 6.61 Å².